The molecular formula is C18H16F3N3O4S. The third-order valence-electron chi connectivity index (χ3n) is 4.36. The summed E-state index contributed by atoms with van der Waals surface area (Å²) >= 11 is 0. The maximum Gasteiger partial charge on any atom is 0.435 e. The minimum atomic E-state index is -5.45. The number of carbonyl (C=O) groups is 2. The van der Waals surface area contributed by atoms with Crippen LogP contribution < -0.4 is 14.9 Å². The fraction of sp³-hybridized carbons (Fsp3) is 0.222. The SMILES string of the molecule is Cc1ccc(N2C(=O)N[C@](NS(=O)(=O)c3ccc(C)cc3)(C(F)(F)F)C2=O)cc1. The number of halogens is 3. The van der Waals surface area contributed by atoms with Crippen LogP contribution in [-0.2, 0) is 14.8 Å². The fourth-order valence-electron chi connectivity index (χ4n) is 2.76. The summed E-state index contributed by atoms with van der Waals surface area (Å²) in [5.41, 5.74) is -2.52. The topological polar surface area (TPSA) is 95.6 Å². The van der Waals surface area contributed by atoms with Gasteiger partial charge in [-0.15, -0.1) is 0 Å². The Balaban J connectivity index is 2.06. The van der Waals surface area contributed by atoms with Crippen LogP contribution in [0.2, 0.25) is 0 Å². The highest BCUT2D eigenvalue weighted by molar-refractivity contribution is 7.89. The van der Waals surface area contributed by atoms with Crippen molar-refractivity contribution in [1.82, 2.24) is 10.0 Å². The first kappa shape index (κ1) is 20.8. The van der Waals surface area contributed by atoms with Gasteiger partial charge in [0.15, 0.2) is 0 Å². The van der Waals surface area contributed by atoms with E-state index in [2.05, 4.69) is 0 Å². The number of imide groups is 1. The molecule has 0 radical (unpaired) electrons. The Kier molecular flexibility index (Phi) is 4.91. The van der Waals surface area contributed by atoms with Crippen molar-refractivity contribution in [2.45, 2.75) is 30.6 Å². The molecule has 0 saturated carbocycles. The Bertz CT molecular complexity index is 1070. The lowest BCUT2D eigenvalue weighted by molar-refractivity contribution is -0.194. The first-order valence-electron chi connectivity index (χ1n) is 8.28. The average Bonchev–Trinajstić information content (AvgIpc) is 2.87. The summed E-state index contributed by atoms with van der Waals surface area (Å²) in [5.74, 6) is -1.80. The van der Waals surface area contributed by atoms with Crippen LogP contribution in [0.25, 0.3) is 0 Å². The number of hydrogen-bond acceptors (Lipinski definition) is 4. The van der Waals surface area contributed by atoms with Gasteiger partial charge in [0, 0.05) is 0 Å². The van der Waals surface area contributed by atoms with Crippen molar-refractivity contribution < 1.29 is 31.2 Å². The summed E-state index contributed by atoms with van der Waals surface area (Å²) in [5, 5.41) is 1.48. The van der Waals surface area contributed by atoms with Crippen LogP contribution in [0.4, 0.5) is 23.7 Å². The number of urea groups is 1. The molecule has 0 aromatic heterocycles. The Labute approximate surface area is 164 Å². The first-order valence-corrected chi connectivity index (χ1v) is 9.76. The van der Waals surface area contributed by atoms with E-state index in [1.54, 1.807) is 13.8 Å². The van der Waals surface area contributed by atoms with Crippen LogP contribution in [0.1, 0.15) is 11.1 Å². The quantitative estimate of drug-likeness (QED) is 0.734. The third-order valence-corrected chi connectivity index (χ3v) is 5.83. The summed E-state index contributed by atoms with van der Waals surface area (Å²) in [6.07, 6.45) is -5.45. The molecule has 1 aliphatic heterocycles. The number of nitrogens with zero attached hydrogens (tertiary/aromatic N) is 1. The minimum absolute atomic E-state index is 0.126. The molecule has 11 heteroatoms. The lowest BCUT2D eigenvalue weighted by Crippen LogP contribution is -2.69. The van der Waals surface area contributed by atoms with E-state index in [0.29, 0.717) is 5.56 Å². The van der Waals surface area contributed by atoms with E-state index < -0.39 is 38.7 Å². The summed E-state index contributed by atoms with van der Waals surface area (Å²) in [7, 11) is -4.80. The smallest absolute Gasteiger partial charge is 0.302 e. The van der Waals surface area contributed by atoms with E-state index in [0.717, 1.165) is 17.7 Å². The Morgan fingerprint density at radius 3 is 1.90 bits per heavy atom. The molecule has 0 aliphatic carbocycles. The number of sulfonamides is 1. The molecule has 154 valence electrons. The van der Waals surface area contributed by atoms with Gasteiger partial charge in [0.25, 0.3) is 11.6 Å². The van der Waals surface area contributed by atoms with Crippen molar-refractivity contribution in [3.8, 4) is 0 Å². The highest BCUT2D eigenvalue weighted by Crippen LogP contribution is 2.37. The summed E-state index contributed by atoms with van der Waals surface area (Å²) in [4.78, 5) is 24.8. The van der Waals surface area contributed by atoms with Crippen LogP contribution in [0.5, 0.6) is 0 Å². The minimum Gasteiger partial charge on any atom is -0.302 e. The molecule has 29 heavy (non-hydrogen) atoms. The van der Waals surface area contributed by atoms with Gasteiger partial charge in [0.05, 0.1) is 10.6 Å². The van der Waals surface area contributed by atoms with Crippen molar-refractivity contribution in [3.63, 3.8) is 0 Å². The highest BCUT2D eigenvalue weighted by Gasteiger charge is 2.69. The van der Waals surface area contributed by atoms with Gasteiger partial charge < -0.3 is 5.32 Å². The summed E-state index contributed by atoms with van der Waals surface area (Å²) in [6.45, 7) is 3.38. The number of benzene rings is 2. The number of amides is 3. The standard InChI is InChI=1S/C18H16F3N3O4S/c1-11-3-7-13(8-4-11)24-15(25)17(18(19,20)21,22-16(24)26)23-29(27,28)14-9-5-12(2)6-10-14/h3-10,23H,1-2H3,(H,22,26)/t17-/m1/s1. The van der Waals surface area contributed by atoms with Crippen molar-refractivity contribution in [1.29, 1.82) is 0 Å². The van der Waals surface area contributed by atoms with E-state index in [4.69, 9.17) is 0 Å². The van der Waals surface area contributed by atoms with E-state index in [1.807, 2.05) is 0 Å². The number of carbonyl (C=O) groups excluding carboxylic acids is 2. The monoisotopic (exact) mass is 427 g/mol. The second-order valence-electron chi connectivity index (χ2n) is 6.57. The van der Waals surface area contributed by atoms with Crippen LogP contribution in [0, 0.1) is 13.8 Å². The molecule has 1 atom stereocenters. The zero-order valence-corrected chi connectivity index (χ0v) is 16.1. The fourth-order valence-corrected chi connectivity index (χ4v) is 4.02. The van der Waals surface area contributed by atoms with Gasteiger partial charge in [-0.25, -0.2) is 18.1 Å². The van der Waals surface area contributed by atoms with Gasteiger partial charge in [-0.05, 0) is 38.1 Å². The molecule has 1 saturated heterocycles. The predicted molar refractivity (Wildman–Crippen MR) is 97.5 cm³/mol. The second kappa shape index (κ2) is 6.85. The van der Waals surface area contributed by atoms with Crippen molar-refractivity contribution in [3.05, 3.63) is 59.7 Å². The van der Waals surface area contributed by atoms with E-state index in [9.17, 15) is 31.2 Å². The number of aryl methyl sites for hydroxylation is 2. The molecule has 2 N–H and O–H groups in total. The summed E-state index contributed by atoms with van der Waals surface area (Å²) < 4.78 is 68.2. The van der Waals surface area contributed by atoms with Crippen molar-refractivity contribution in [2.75, 3.05) is 4.90 Å². The number of nitrogens with one attached hydrogen (secondary N) is 2. The first-order chi connectivity index (χ1) is 13.4. The largest absolute Gasteiger partial charge is 0.435 e. The Hall–Kier alpha value is -2.92. The van der Waals surface area contributed by atoms with E-state index in [1.165, 1.54) is 46.4 Å². The summed E-state index contributed by atoms with van der Waals surface area (Å²) in [6, 6.07) is 9.15. The zero-order chi connectivity index (χ0) is 21.6. The molecule has 2 aromatic carbocycles. The number of rotatable bonds is 4. The van der Waals surface area contributed by atoms with Gasteiger partial charge in [-0.2, -0.15) is 17.9 Å². The second-order valence-corrected chi connectivity index (χ2v) is 8.25. The van der Waals surface area contributed by atoms with Gasteiger partial charge >= 0.3 is 12.2 Å². The molecule has 0 unspecified atom stereocenters. The molecule has 0 spiro atoms. The van der Waals surface area contributed by atoms with Crippen LogP contribution >= 0.6 is 0 Å². The lowest BCUT2D eigenvalue weighted by Gasteiger charge is -2.29. The molecule has 0 bridgehead atoms. The Morgan fingerprint density at radius 1 is 0.931 bits per heavy atom. The average molecular weight is 427 g/mol. The maximum absolute atomic E-state index is 13.9. The molecule has 1 fully saturated rings. The predicted octanol–water partition coefficient (Wildman–Crippen LogP) is 2.60. The molecule has 1 aliphatic rings. The van der Waals surface area contributed by atoms with Crippen molar-refractivity contribution >= 4 is 27.6 Å². The third kappa shape index (κ3) is 3.58. The van der Waals surface area contributed by atoms with Gasteiger partial charge in [-0.3, -0.25) is 4.79 Å². The number of anilines is 1. The Morgan fingerprint density at radius 2 is 1.41 bits per heavy atom. The molecular weight excluding hydrogens is 411 g/mol. The number of hydrogen-bond donors (Lipinski definition) is 2. The molecule has 3 rings (SSSR count). The normalized spacial score (nSPS) is 20.1. The zero-order valence-electron chi connectivity index (χ0n) is 15.2. The molecule has 1 heterocycles. The number of alkyl halides is 3. The molecule has 3 amide bonds. The van der Waals surface area contributed by atoms with Gasteiger partial charge in [-0.1, -0.05) is 35.4 Å². The van der Waals surface area contributed by atoms with Crippen LogP contribution in [0.15, 0.2) is 53.4 Å². The molecule has 2 aromatic rings. The van der Waals surface area contributed by atoms with Crippen LogP contribution in [0.3, 0.4) is 0 Å². The van der Waals surface area contributed by atoms with Gasteiger partial charge in [0.1, 0.15) is 0 Å². The molecule has 7 nitrogen and oxygen atoms in total. The lowest BCUT2D eigenvalue weighted by atomic mass is 10.1. The van der Waals surface area contributed by atoms with Crippen molar-refractivity contribution in [2.24, 2.45) is 0 Å². The van der Waals surface area contributed by atoms with E-state index in [-0.39, 0.29) is 10.6 Å². The van der Waals surface area contributed by atoms with E-state index >= 15 is 0 Å². The van der Waals surface area contributed by atoms with Crippen LogP contribution in [-0.4, -0.2) is 32.2 Å². The maximum atomic E-state index is 13.9. The van der Waals surface area contributed by atoms with Gasteiger partial charge in [0.2, 0.25) is 10.0 Å². The highest BCUT2D eigenvalue weighted by atomic mass is 32.2.